The Morgan fingerprint density at radius 3 is 2.78 bits per heavy atom. The molecule has 3 aliphatic heterocycles. The van der Waals surface area contributed by atoms with Gasteiger partial charge in [-0.3, -0.25) is 34.4 Å². The number of nitrogens with zero attached hydrogens (tertiary/aromatic N) is 4. The van der Waals surface area contributed by atoms with Gasteiger partial charge in [0.1, 0.15) is 6.04 Å². The molecule has 12 nitrogen and oxygen atoms in total. The molecule has 4 aliphatic rings. The molecule has 4 N–H and O–H groups in total. The first kappa shape index (κ1) is 29.7. The molecular weight excluding hydrogens is 584 g/mol. The molecule has 3 aromatic rings. The summed E-state index contributed by atoms with van der Waals surface area (Å²) in [4.78, 5) is 62.7. The first-order valence-electron chi connectivity index (χ1n) is 15.8. The minimum Gasteiger partial charge on any atom is -0.386 e. The average Bonchev–Trinajstić information content (AvgIpc) is 3.51. The van der Waals surface area contributed by atoms with Crippen LogP contribution in [0.3, 0.4) is 0 Å². The first-order chi connectivity index (χ1) is 22.4. The van der Waals surface area contributed by atoms with Crippen LogP contribution in [-0.2, 0) is 27.5 Å². The number of benzene rings is 2. The van der Waals surface area contributed by atoms with E-state index in [2.05, 4.69) is 30.8 Å². The Morgan fingerprint density at radius 2 is 1.96 bits per heavy atom. The number of amides is 4. The lowest BCUT2D eigenvalue weighted by molar-refractivity contribution is -0.137. The Morgan fingerprint density at radius 1 is 1.11 bits per heavy atom. The Bertz CT molecular complexity index is 1770. The molecule has 1 saturated carbocycles. The van der Waals surface area contributed by atoms with Gasteiger partial charge in [-0.1, -0.05) is 24.3 Å². The highest BCUT2D eigenvalue weighted by Crippen LogP contribution is 2.40. The van der Waals surface area contributed by atoms with Crippen LogP contribution in [0.4, 0.5) is 0 Å². The van der Waals surface area contributed by atoms with E-state index in [1.807, 2.05) is 42.6 Å². The Kier molecular flexibility index (Phi) is 8.03. The zero-order valence-electron chi connectivity index (χ0n) is 25.4. The highest BCUT2D eigenvalue weighted by molar-refractivity contribution is 6.07. The number of para-hydroxylation sites is 2. The zero-order valence-corrected chi connectivity index (χ0v) is 25.4. The summed E-state index contributed by atoms with van der Waals surface area (Å²) in [6, 6.07) is 13.2. The molecule has 2 saturated heterocycles. The van der Waals surface area contributed by atoms with Gasteiger partial charge in [-0.15, -0.1) is 0 Å². The van der Waals surface area contributed by atoms with Crippen molar-refractivity contribution < 1.29 is 19.2 Å². The smallest absolute Gasteiger partial charge is 0.255 e. The number of rotatable bonds is 10. The maximum atomic E-state index is 12.9. The van der Waals surface area contributed by atoms with Crippen molar-refractivity contribution in [1.29, 1.82) is 5.41 Å². The van der Waals surface area contributed by atoms with Gasteiger partial charge < -0.3 is 20.9 Å². The summed E-state index contributed by atoms with van der Waals surface area (Å²) in [6.07, 6.45) is 7.88. The monoisotopic (exact) mass is 620 g/mol. The maximum absolute atomic E-state index is 12.9. The summed E-state index contributed by atoms with van der Waals surface area (Å²) in [7, 11) is 0. The number of likely N-dealkylation sites (tertiary alicyclic amines) is 1. The fraction of sp³-hybridized carbons (Fsp3) is 0.382. The number of carbonyl (C=O) groups is 4. The molecule has 46 heavy (non-hydrogen) atoms. The molecule has 4 atom stereocenters. The fourth-order valence-electron chi connectivity index (χ4n) is 6.86. The van der Waals surface area contributed by atoms with E-state index in [0.717, 1.165) is 48.1 Å². The van der Waals surface area contributed by atoms with Gasteiger partial charge >= 0.3 is 0 Å². The minimum absolute atomic E-state index is 0.0122. The quantitative estimate of drug-likeness (QED) is 0.198. The van der Waals surface area contributed by atoms with Crippen LogP contribution in [0.1, 0.15) is 59.3 Å². The van der Waals surface area contributed by atoms with E-state index >= 15 is 0 Å². The third kappa shape index (κ3) is 6.12. The highest BCUT2D eigenvalue weighted by Gasteiger charge is 2.45. The molecular formula is C34H36N8O4. The maximum Gasteiger partial charge on any atom is 0.255 e. The van der Waals surface area contributed by atoms with Crippen molar-refractivity contribution in [3.8, 4) is 0 Å². The molecule has 7 rings (SSSR count). The third-order valence-corrected chi connectivity index (χ3v) is 9.47. The standard InChI is InChI=1S/C34H36N8O4/c35-14-23(28-17-37-26-3-1-2-4-27(26)39-28)16-36-24-9-10-41(19-24)30-12-21(30)13-32(44)38-15-20-5-6-25-22(11-20)18-42(34(25)46)29-7-8-31(43)40-33(29)45/h1-6,11,14,16-17,21,24,29-30,35-36H,7-10,12-13,15,18-19H2,(H,38,44)(H,40,43,45)/b23-16+,35-14?. The molecule has 236 valence electrons. The van der Waals surface area contributed by atoms with Crippen LogP contribution in [0.25, 0.3) is 16.6 Å². The molecule has 1 aliphatic carbocycles. The van der Waals surface area contributed by atoms with Gasteiger partial charge in [0.15, 0.2) is 0 Å². The van der Waals surface area contributed by atoms with Crippen molar-refractivity contribution in [2.75, 3.05) is 13.1 Å². The number of piperidine rings is 1. The average molecular weight is 621 g/mol. The van der Waals surface area contributed by atoms with Crippen molar-refractivity contribution in [2.45, 2.75) is 63.3 Å². The van der Waals surface area contributed by atoms with Gasteiger partial charge in [-0.25, -0.2) is 4.98 Å². The number of carbonyl (C=O) groups excluding carboxylic acids is 4. The van der Waals surface area contributed by atoms with Crippen LogP contribution in [0.2, 0.25) is 0 Å². The van der Waals surface area contributed by atoms with E-state index in [1.165, 1.54) is 11.1 Å². The lowest BCUT2D eigenvalue weighted by atomic mass is 10.0. The number of hydrogen-bond donors (Lipinski definition) is 4. The van der Waals surface area contributed by atoms with Crippen LogP contribution in [-0.4, -0.2) is 80.8 Å². The number of hydrogen-bond acceptors (Lipinski definition) is 9. The number of fused-ring (bicyclic) bond motifs is 2. The Balaban J connectivity index is 0.863. The third-order valence-electron chi connectivity index (χ3n) is 9.47. The molecule has 0 bridgehead atoms. The van der Waals surface area contributed by atoms with Crippen LogP contribution < -0.4 is 16.0 Å². The molecule has 4 amide bonds. The van der Waals surface area contributed by atoms with Gasteiger partial charge in [0, 0.05) is 74.7 Å². The number of nitrogens with one attached hydrogen (secondary N) is 4. The zero-order chi connectivity index (χ0) is 31.8. The van der Waals surface area contributed by atoms with E-state index in [0.29, 0.717) is 54.7 Å². The molecule has 3 fully saturated rings. The molecule has 12 heteroatoms. The molecule has 0 radical (unpaired) electrons. The number of allylic oxidation sites excluding steroid dienone is 1. The molecule has 0 spiro atoms. The summed E-state index contributed by atoms with van der Waals surface area (Å²) in [5.41, 5.74) is 5.25. The van der Waals surface area contributed by atoms with Crippen molar-refractivity contribution in [3.05, 3.63) is 77.2 Å². The lowest BCUT2D eigenvalue weighted by Crippen LogP contribution is -2.52. The second kappa shape index (κ2) is 12.4. The van der Waals surface area contributed by atoms with Gasteiger partial charge in [-0.2, -0.15) is 0 Å². The molecule has 1 aromatic heterocycles. The first-order valence-corrected chi connectivity index (χ1v) is 15.8. The van der Waals surface area contributed by atoms with E-state index < -0.39 is 11.9 Å². The summed E-state index contributed by atoms with van der Waals surface area (Å²) in [5.74, 6) is -0.593. The Labute approximate surface area is 266 Å². The largest absolute Gasteiger partial charge is 0.386 e. The highest BCUT2D eigenvalue weighted by atomic mass is 16.2. The van der Waals surface area contributed by atoms with Crippen molar-refractivity contribution in [3.63, 3.8) is 0 Å². The van der Waals surface area contributed by atoms with Crippen molar-refractivity contribution in [2.24, 2.45) is 5.92 Å². The number of imide groups is 1. The second-order valence-corrected chi connectivity index (χ2v) is 12.6. The number of aromatic nitrogens is 2. The van der Waals surface area contributed by atoms with E-state index in [9.17, 15) is 19.2 Å². The van der Waals surface area contributed by atoms with Gasteiger partial charge in [0.25, 0.3) is 5.91 Å². The van der Waals surface area contributed by atoms with Crippen LogP contribution in [0.15, 0.2) is 54.9 Å². The Hall–Kier alpha value is -4.97. The predicted octanol–water partition coefficient (Wildman–Crippen LogP) is 2.14. The summed E-state index contributed by atoms with van der Waals surface area (Å²) in [5, 5.41) is 16.7. The second-order valence-electron chi connectivity index (χ2n) is 12.6. The normalized spacial score (nSPS) is 24.6. The molecule has 2 aromatic carbocycles. The predicted molar refractivity (Wildman–Crippen MR) is 170 cm³/mol. The van der Waals surface area contributed by atoms with E-state index in [4.69, 9.17) is 5.41 Å². The van der Waals surface area contributed by atoms with Gasteiger partial charge in [0.2, 0.25) is 17.7 Å². The fourth-order valence-corrected chi connectivity index (χ4v) is 6.86. The topological polar surface area (TPSA) is 160 Å². The summed E-state index contributed by atoms with van der Waals surface area (Å²) >= 11 is 0. The summed E-state index contributed by atoms with van der Waals surface area (Å²) in [6.45, 7) is 2.54. The van der Waals surface area contributed by atoms with Crippen LogP contribution >= 0.6 is 0 Å². The van der Waals surface area contributed by atoms with Crippen molar-refractivity contribution in [1.82, 2.24) is 35.7 Å². The van der Waals surface area contributed by atoms with Crippen LogP contribution in [0, 0.1) is 11.3 Å². The SMILES string of the molecule is N=C/C(=C\NC1CCN(C2CC2CC(=O)NCc2ccc3c(c2)CN(C2CCC(=O)NC2=O)C3=O)C1)c1cnc2ccccc2n1. The minimum atomic E-state index is -0.644. The molecule has 4 heterocycles. The van der Waals surface area contributed by atoms with Crippen LogP contribution in [0.5, 0.6) is 0 Å². The van der Waals surface area contributed by atoms with Gasteiger partial charge in [0.05, 0.1) is 22.9 Å². The summed E-state index contributed by atoms with van der Waals surface area (Å²) < 4.78 is 0. The van der Waals surface area contributed by atoms with E-state index in [-0.39, 0.29) is 30.2 Å². The van der Waals surface area contributed by atoms with Crippen molar-refractivity contribution >= 4 is 46.4 Å². The molecule has 4 unspecified atom stereocenters. The lowest BCUT2D eigenvalue weighted by Gasteiger charge is -2.29. The van der Waals surface area contributed by atoms with Gasteiger partial charge in [-0.05, 0) is 54.5 Å². The van der Waals surface area contributed by atoms with E-state index in [1.54, 1.807) is 12.3 Å².